The van der Waals surface area contributed by atoms with Crippen LogP contribution in [0.15, 0.2) is 101 Å². The molecule has 0 aliphatic carbocycles. The lowest BCUT2D eigenvalue weighted by molar-refractivity contribution is -0.116. The molecule has 5 rings (SSSR count). The van der Waals surface area contributed by atoms with Crippen LogP contribution in [0.3, 0.4) is 0 Å². The summed E-state index contributed by atoms with van der Waals surface area (Å²) in [6, 6.07) is 30.5. The molecule has 0 atom stereocenters. The minimum atomic E-state index is -3.55. The van der Waals surface area contributed by atoms with Crippen LogP contribution in [-0.2, 0) is 14.8 Å². The number of furan rings is 1. The average Bonchev–Trinajstić information content (AvgIpc) is 3.24. The van der Waals surface area contributed by atoms with Crippen LogP contribution in [0.1, 0.15) is 12.8 Å². The van der Waals surface area contributed by atoms with Crippen LogP contribution in [0.5, 0.6) is 0 Å². The highest BCUT2D eigenvalue weighted by atomic mass is 32.2. The van der Waals surface area contributed by atoms with E-state index < -0.39 is 10.0 Å². The molecular formula is C29H26N2O4S. The van der Waals surface area contributed by atoms with Crippen LogP contribution >= 0.6 is 0 Å². The van der Waals surface area contributed by atoms with Crippen molar-refractivity contribution in [2.45, 2.75) is 12.8 Å². The summed E-state index contributed by atoms with van der Waals surface area (Å²) in [6.07, 6.45) is 1.74. The van der Waals surface area contributed by atoms with E-state index in [-0.39, 0.29) is 18.9 Å². The predicted octanol–water partition coefficient (Wildman–Crippen LogP) is 6.44. The van der Waals surface area contributed by atoms with Gasteiger partial charge in [0.25, 0.3) is 0 Å². The molecule has 0 aliphatic rings. The molecule has 0 radical (unpaired) electrons. The number of nitrogens with zero attached hydrogens (tertiary/aromatic N) is 1. The number of carbonyl (C=O) groups excluding carboxylic acids is 1. The van der Waals surface area contributed by atoms with Gasteiger partial charge in [-0.1, -0.05) is 66.7 Å². The van der Waals surface area contributed by atoms with Crippen LogP contribution in [0.25, 0.3) is 33.1 Å². The summed E-state index contributed by atoms with van der Waals surface area (Å²) in [5, 5.41) is 4.92. The maximum absolute atomic E-state index is 12.7. The highest BCUT2D eigenvalue weighted by molar-refractivity contribution is 7.92. The number of para-hydroxylation sites is 2. The lowest BCUT2D eigenvalue weighted by Gasteiger charge is -2.25. The van der Waals surface area contributed by atoms with Crippen LogP contribution < -0.4 is 9.62 Å². The fraction of sp³-hybridized carbons (Fsp3) is 0.138. The second-order valence-corrected chi connectivity index (χ2v) is 10.6. The zero-order valence-corrected chi connectivity index (χ0v) is 20.7. The van der Waals surface area contributed by atoms with Gasteiger partial charge in [0.15, 0.2) is 0 Å². The molecular weight excluding hydrogens is 472 g/mol. The first-order valence-corrected chi connectivity index (χ1v) is 13.6. The second-order valence-electron chi connectivity index (χ2n) is 8.68. The number of sulfonamides is 1. The molecule has 4 aromatic carbocycles. The molecule has 1 amide bonds. The third-order valence-electron chi connectivity index (χ3n) is 6.09. The molecule has 1 heterocycles. The average molecular weight is 499 g/mol. The number of rotatable bonds is 8. The molecule has 0 saturated heterocycles. The number of benzene rings is 4. The Labute approximate surface area is 210 Å². The van der Waals surface area contributed by atoms with Crippen molar-refractivity contribution in [1.29, 1.82) is 0 Å². The van der Waals surface area contributed by atoms with Gasteiger partial charge >= 0.3 is 0 Å². The van der Waals surface area contributed by atoms with Crippen LogP contribution in [0, 0.1) is 0 Å². The van der Waals surface area contributed by atoms with Crippen molar-refractivity contribution in [2.24, 2.45) is 0 Å². The summed E-state index contributed by atoms with van der Waals surface area (Å²) in [5.74, 6) is -0.185. The van der Waals surface area contributed by atoms with E-state index in [4.69, 9.17) is 4.42 Å². The molecule has 0 aliphatic heterocycles. The standard InChI is InChI=1S/C29H26N2O4S/c1-36(33,34)31(26-14-7-5-12-23(26)21-10-3-2-4-11-21)19-9-16-29(32)30-22-17-18-25-24-13-6-8-15-27(24)35-28(25)20-22/h2-8,10-15,17-18,20H,9,16,19H2,1H3,(H,30,32). The van der Waals surface area contributed by atoms with Crippen LogP contribution in [-0.4, -0.2) is 27.1 Å². The molecule has 0 saturated carbocycles. The largest absolute Gasteiger partial charge is 0.456 e. The Hall–Kier alpha value is -4.10. The molecule has 6 nitrogen and oxygen atoms in total. The molecule has 36 heavy (non-hydrogen) atoms. The highest BCUT2D eigenvalue weighted by Gasteiger charge is 2.21. The first-order chi connectivity index (χ1) is 17.4. The number of hydrogen-bond donors (Lipinski definition) is 1. The van der Waals surface area contributed by atoms with E-state index in [1.165, 1.54) is 10.6 Å². The van der Waals surface area contributed by atoms with Gasteiger partial charge < -0.3 is 9.73 Å². The van der Waals surface area contributed by atoms with E-state index in [9.17, 15) is 13.2 Å². The molecule has 182 valence electrons. The van der Waals surface area contributed by atoms with Crippen LogP contribution in [0.4, 0.5) is 11.4 Å². The van der Waals surface area contributed by atoms with Crippen molar-refractivity contribution in [3.05, 3.63) is 97.1 Å². The van der Waals surface area contributed by atoms with E-state index in [1.807, 2.05) is 91.0 Å². The van der Waals surface area contributed by atoms with Gasteiger partial charge in [0, 0.05) is 41.1 Å². The normalized spacial score (nSPS) is 11.6. The fourth-order valence-electron chi connectivity index (χ4n) is 4.43. The quantitative estimate of drug-likeness (QED) is 0.267. The highest BCUT2D eigenvalue weighted by Crippen LogP contribution is 2.33. The van der Waals surface area contributed by atoms with Crippen molar-refractivity contribution in [3.8, 4) is 11.1 Å². The smallest absolute Gasteiger partial charge is 0.232 e. The van der Waals surface area contributed by atoms with Gasteiger partial charge in [-0.25, -0.2) is 8.42 Å². The van der Waals surface area contributed by atoms with Gasteiger partial charge in [0.2, 0.25) is 15.9 Å². The third kappa shape index (κ3) is 4.97. The van der Waals surface area contributed by atoms with Gasteiger partial charge in [-0.3, -0.25) is 9.10 Å². The Kier molecular flexibility index (Phi) is 6.48. The third-order valence-corrected chi connectivity index (χ3v) is 7.27. The zero-order chi connectivity index (χ0) is 25.1. The lowest BCUT2D eigenvalue weighted by atomic mass is 10.0. The first-order valence-electron chi connectivity index (χ1n) is 11.7. The van der Waals surface area contributed by atoms with Crippen molar-refractivity contribution in [3.63, 3.8) is 0 Å². The summed E-state index contributed by atoms with van der Waals surface area (Å²) < 4.78 is 32.7. The summed E-state index contributed by atoms with van der Waals surface area (Å²) in [7, 11) is -3.55. The van der Waals surface area contributed by atoms with Gasteiger partial charge in [-0.05, 0) is 36.2 Å². The molecule has 1 N–H and O–H groups in total. The Morgan fingerprint density at radius 1 is 0.833 bits per heavy atom. The topological polar surface area (TPSA) is 79.6 Å². The van der Waals surface area contributed by atoms with E-state index in [0.29, 0.717) is 23.4 Å². The van der Waals surface area contributed by atoms with E-state index in [2.05, 4.69) is 5.32 Å². The Morgan fingerprint density at radius 3 is 2.33 bits per heavy atom. The summed E-state index contributed by atoms with van der Waals surface area (Å²) in [5.41, 5.74) is 4.50. The summed E-state index contributed by atoms with van der Waals surface area (Å²) >= 11 is 0. The Bertz CT molecular complexity index is 1640. The Morgan fingerprint density at radius 2 is 1.53 bits per heavy atom. The number of hydrogen-bond acceptors (Lipinski definition) is 4. The SMILES string of the molecule is CS(=O)(=O)N(CCCC(=O)Nc1ccc2c(c1)oc1ccccc12)c1ccccc1-c1ccccc1. The van der Waals surface area contributed by atoms with Crippen molar-refractivity contribution in [2.75, 3.05) is 22.4 Å². The maximum Gasteiger partial charge on any atom is 0.232 e. The number of amides is 1. The predicted molar refractivity (Wildman–Crippen MR) is 146 cm³/mol. The zero-order valence-electron chi connectivity index (χ0n) is 19.8. The molecule has 0 fully saturated rings. The number of nitrogens with one attached hydrogen (secondary N) is 1. The van der Waals surface area contributed by atoms with Crippen molar-refractivity contribution < 1.29 is 17.6 Å². The number of carbonyl (C=O) groups is 1. The number of fused-ring (bicyclic) bond motifs is 3. The minimum Gasteiger partial charge on any atom is -0.456 e. The monoisotopic (exact) mass is 498 g/mol. The number of anilines is 2. The summed E-state index contributed by atoms with van der Waals surface area (Å²) in [6.45, 7) is 0.193. The van der Waals surface area contributed by atoms with Gasteiger partial charge in [0.05, 0.1) is 11.9 Å². The van der Waals surface area contributed by atoms with E-state index in [1.54, 1.807) is 6.07 Å². The van der Waals surface area contributed by atoms with Gasteiger partial charge in [-0.2, -0.15) is 0 Å². The lowest BCUT2D eigenvalue weighted by Crippen LogP contribution is -2.32. The van der Waals surface area contributed by atoms with E-state index >= 15 is 0 Å². The van der Waals surface area contributed by atoms with E-state index in [0.717, 1.165) is 27.5 Å². The molecule has 1 aromatic heterocycles. The van der Waals surface area contributed by atoms with Crippen molar-refractivity contribution >= 4 is 49.2 Å². The van der Waals surface area contributed by atoms with Gasteiger partial charge in [0.1, 0.15) is 11.2 Å². The van der Waals surface area contributed by atoms with Crippen LogP contribution in [0.2, 0.25) is 0 Å². The second kappa shape index (κ2) is 9.87. The molecule has 5 aromatic rings. The molecule has 0 bridgehead atoms. The summed E-state index contributed by atoms with van der Waals surface area (Å²) in [4.78, 5) is 12.7. The maximum atomic E-state index is 12.7. The van der Waals surface area contributed by atoms with Crippen molar-refractivity contribution in [1.82, 2.24) is 0 Å². The fourth-order valence-corrected chi connectivity index (χ4v) is 5.41. The Balaban J connectivity index is 1.28. The molecule has 0 spiro atoms. The van der Waals surface area contributed by atoms with Gasteiger partial charge in [-0.15, -0.1) is 0 Å². The molecule has 0 unspecified atom stereocenters. The first kappa shape index (κ1) is 23.6. The minimum absolute atomic E-state index is 0.178. The molecule has 7 heteroatoms.